The Bertz CT molecular complexity index is 3.25. The Hall–Kier alpha value is 0.430. The summed E-state index contributed by atoms with van der Waals surface area (Å²) in [5.41, 5.74) is 0. The molecule has 1 atom stereocenters. The molecule has 0 aliphatic carbocycles. The molecule has 1 unspecified atom stereocenters. The standard InChI is InChI=1S/C2H6.CH5P/c2*1-2/h1-2H3;2H2,1H3. The molecule has 0 rings (SSSR count). The van der Waals surface area contributed by atoms with Crippen LogP contribution < -0.4 is 0 Å². The van der Waals surface area contributed by atoms with E-state index in [-0.39, 0.29) is 0 Å². The fraction of sp³-hybridized carbons (Fsp3) is 1.00. The summed E-state index contributed by atoms with van der Waals surface area (Å²) in [6, 6.07) is 0. The lowest BCUT2D eigenvalue weighted by Crippen LogP contribution is -0.856. The van der Waals surface area contributed by atoms with Crippen LogP contribution in [-0.4, -0.2) is 6.66 Å². The lowest BCUT2D eigenvalue weighted by Gasteiger charge is -1.10. The molecule has 0 N–H and O–H groups in total. The summed E-state index contributed by atoms with van der Waals surface area (Å²) in [6.45, 7) is 5.92. The van der Waals surface area contributed by atoms with E-state index in [0.717, 1.165) is 0 Å². The molecule has 0 aliphatic rings. The van der Waals surface area contributed by atoms with Gasteiger partial charge in [0.15, 0.2) is 0 Å². The van der Waals surface area contributed by atoms with Crippen LogP contribution in [0.25, 0.3) is 0 Å². The van der Waals surface area contributed by atoms with E-state index >= 15 is 0 Å². The molecule has 1 heteroatoms. The Morgan fingerprint density at radius 1 is 1.00 bits per heavy atom. The van der Waals surface area contributed by atoms with Crippen LogP contribution in [0, 0.1) is 0 Å². The highest BCUT2D eigenvalue weighted by Crippen LogP contribution is 1.46. The van der Waals surface area contributed by atoms with Crippen molar-refractivity contribution in [2.24, 2.45) is 0 Å². The van der Waals surface area contributed by atoms with Crippen molar-refractivity contribution in [3.05, 3.63) is 0 Å². The van der Waals surface area contributed by atoms with Gasteiger partial charge < -0.3 is 0 Å². The Kier molecular flexibility index (Phi) is 242. The van der Waals surface area contributed by atoms with Gasteiger partial charge in [-0.15, -0.1) is 9.24 Å². The first-order chi connectivity index (χ1) is 2.00. The van der Waals surface area contributed by atoms with E-state index < -0.39 is 0 Å². The molecule has 0 aromatic heterocycles. The topological polar surface area (TPSA) is 0 Å². The zero-order chi connectivity index (χ0) is 4.00. The number of hydrogen-bond acceptors (Lipinski definition) is 0. The van der Waals surface area contributed by atoms with Crippen molar-refractivity contribution >= 4 is 9.24 Å². The molecule has 0 bridgehead atoms. The Labute approximate surface area is 30.8 Å². The fourth-order valence-corrected chi connectivity index (χ4v) is 0. The van der Waals surface area contributed by atoms with Gasteiger partial charge in [0, 0.05) is 0 Å². The van der Waals surface area contributed by atoms with E-state index in [1.807, 2.05) is 20.5 Å². The highest BCUT2D eigenvalue weighted by molar-refractivity contribution is 7.15. The van der Waals surface area contributed by atoms with Crippen LogP contribution >= 0.6 is 9.24 Å². The van der Waals surface area contributed by atoms with E-state index in [2.05, 4.69) is 9.24 Å². The highest BCUT2D eigenvalue weighted by atomic mass is 31.0. The van der Waals surface area contributed by atoms with Crippen LogP contribution in [0.5, 0.6) is 0 Å². The van der Waals surface area contributed by atoms with E-state index in [1.165, 1.54) is 0 Å². The number of rotatable bonds is 0. The zero-order valence-corrected chi connectivity index (χ0v) is 4.73. The average Bonchev–Trinajstić information content (AvgIpc) is 1.50. The minimum atomic E-state index is 1.92. The average molecular weight is 78.1 g/mol. The van der Waals surface area contributed by atoms with Gasteiger partial charge in [-0.2, -0.15) is 0 Å². The van der Waals surface area contributed by atoms with Crippen molar-refractivity contribution in [3.63, 3.8) is 0 Å². The smallest absolute Gasteiger partial charge is 0.0500 e. The third-order valence-corrected chi connectivity index (χ3v) is 0. The van der Waals surface area contributed by atoms with E-state index in [0.29, 0.717) is 0 Å². The summed E-state index contributed by atoms with van der Waals surface area (Å²) in [5.74, 6) is 0. The number of hydrogen-bond donors (Lipinski definition) is 0. The Morgan fingerprint density at radius 2 is 1.00 bits per heavy atom. The van der Waals surface area contributed by atoms with Crippen LogP contribution in [0.2, 0.25) is 0 Å². The maximum Gasteiger partial charge on any atom is -0.0500 e. The van der Waals surface area contributed by atoms with Crippen molar-refractivity contribution in [2.75, 3.05) is 6.66 Å². The van der Waals surface area contributed by atoms with Gasteiger partial charge in [0.2, 0.25) is 0 Å². The van der Waals surface area contributed by atoms with Crippen LogP contribution in [0.1, 0.15) is 13.8 Å². The van der Waals surface area contributed by atoms with Gasteiger partial charge in [-0.25, -0.2) is 0 Å². The lowest BCUT2D eigenvalue weighted by atomic mass is 11.0. The van der Waals surface area contributed by atoms with E-state index in [4.69, 9.17) is 0 Å². The maximum absolute atomic E-state index is 2.42. The first kappa shape index (κ1) is 8.83. The van der Waals surface area contributed by atoms with Crippen molar-refractivity contribution < 1.29 is 0 Å². The van der Waals surface area contributed by atoms with Crippen LogP contribution in [0.4, 0.5) is 0 Å². The second kappa shape index (κ2) is 110. The van der Waals surface area contributed by atoms with Gasteiger partial charge in [0.1, 0.15) is 0 Å². The van der Waals surface area contributed by atoms with Gasteiger partial charge in [-0.05, 0) is 0 Å². The largest absolute Gasteiger partial charge is 0.141 e. The summed E-state index contributed by atoms with van der Waals surface area (Å²) in [4.78, 5) is 0. The van der Waals surface area contributed by atoms with Gasteiger partial charge in [-0.3, -0.25) is 0 Å². The summed E-state index contributed by atoms with van der Waals surface area (Å²) in [7, 11) is 2.42. The molecule has 0 fully saturated rings. The molecule has 0 saturated heterocycles. The molecule has 0 aromatic carbocycles. The minimum Gasteiger partial charge on any atom is -0.141 e. The quantitative estimate of drug-likeness (QED) is 0.385. The molecule has 0 aromatic rings. The summed E-state index contributed by atoms with van der Waals surface area (Å²) < 4.78 is 0. The predicted molar refractivity (Wildman–Crippen MR) is 27.0 cm³/mol. The third kappa shape index (κ3) is 26.9. The van der Waals surface area contributed by atoms with Gasteiger partial charge >= 0.3 is 0 Å². The van der Waals surface area contributed by atoms with E-state index in [9.17, 15) is 0 Å². The molecule has 0 nitrogen and oxygen atoms in total. The summed E-state index contributed by atoms with van der Waals surface area (Å²) >= 11 is 0. The predicted octanol–water partition coefficient (Wildman–Crippen LogP) is 1.52. The van der Waals surface area contributed by atoms with Crippen LogP contribution in [0.15, 0.2) is 0 Å². The molecule has 0 saturated carbocycles. The first-order valence-corrected chi connectivity index (χ1v) is 2.73. The van der Waals surface area contributed by atoms with Crippen molar-refractivity contribution in [1.82, 2.24) is 0 Å². The monoisotopic (exact) mass is 78.1 g/mol. The molecule has 0 radical (unpaired) electrons. The lowest BCUT2D eigenvalue weighted by molar-refractivity contribution is 1.50. The molecule has 4 heavy (non-hydrogen) atoms. The SMILES string of the molecule is CC.CP. The normalized spacial score (nSPS) is 3.00. The maximum atomic E-state index is 2.42. The van der Waals surface area contributed by atoms with Gasteiger partial charge in [0.05, 0.1) is 0 Å². The zero-order valence-electron chi connectivity index (χ0n) is 3.58. The van der Waals surface area contributed by atoms with E-state index in [1.54, 1.807) is 0 Å². The minimum absolute atomic E-state index is 1.92. The third-order valence-electron chi connectivity index (χ3n) is 0. The van der Waals surface area contributed by atoms with Gasteiger partial charge in [-0.1, -0.05) is 20.5 Å². The van der Waals surface area contributed by atoms with Crippen molar-refractivity contribution in [2.45, 2.75) is 13.8 Å². The van der Waals surface area contributed by atoms with Crippen molar-refractivity contribution in [1.29, 1.82) is 0 Å². The Balaban J connectivity index is 0. The molecule has 0 spiro atoms. The molecule has 0 heterocycles. The Morgan fingerprint density at radius 3 is 1.00 bits per heavy atom. The first-order valence-electron chi connectivity index (χ1n) is 1.58. The van der Waals surface area contributed by atoms with Crippen molar-refractivity contribution in [3.8, 4) is 0 Å². The summed E-state index contributed by atoms with van der Waals surface area (Å²) in [6.07, 6.45) is 0. The van der Waals surface area contributed by atoms with Crippen LogP contribution in [0.3, 0.4) is 0 Å². The second-order valence-corrected chi connectivity index (χ2v) is 0. The molecule has 0 aliphatic heterocycles. The van der Waals surface area contributed by atoms with Gasteiger partial charge in [0.25, 0.3) is 0 Å². The molecular formula is C3H11P. The summed E-state index contributed by atoms with van der Waals surface area (Å²) in [5, 5.41) is 0. The molecular weight excluding hydrogens is 67.0 g/mol. The van der Waals surface area contributed by atoms with Crippen LogP contribution in [-0.2, 0) is 0 Å². The molecule has 28 valence electrons. The molecule has 0 amide bonds. The fourth-order valence-electron chi connectivity index (χ4n) is 0. The highest BCUT2D eigenvalue weighted by Gasteiger charge is 0.932. The second-order valence-electron chi connectivity index (χ2n) is 0.